The molecule has 8 heteroatoms. The van der Waals surface area contributed by atoms with Gasteiger partial charge in [-0.2, -0.15) is 0 Å². The molecule has 33 heavy (non-hydrogen) atoms. The van der Waals surface area contributed by atoms with E-state index >= 15 is 0 Å². The van der Waals surface area contributed by atoms with Crippen LogP contribution < -0.4 is 5.32 Å². The molecule has 5 rings (SSSR count). The molecule has 0 atom stereocenters. The fourth-order valence-electron chi connectivity index (χ4n) is 4.50. The number of aryl methyl sites for hydroxylation is 1. The van der Waals surface area contributed by atoms with Crippen LogP contribution in [0.3, 0.4) is 0 Å². The number of amides is 3. The first-order chi connectivity index (χ1) is 16.1. The van der Waals surface area contributed by atoms with E-state index in [2.05, 4.69) is 20.1 Å². The number of hydrogen-bond acceptors (Lipinski definition) is 5. The van der Waals surface area contributed by atoms with Crippen LogP contribution in [0.1, 0.15) is 58.6 Å². The van der Waals surface area contributed by atoms with Crippen molar-refractivity contribution in [2.75, 3.05) is 11.9 Å². The lowest BCUT2D eigenvalue weighted by Gasteiger charge is -2.13. The second-order valence-corrected chi connectivity index (χ2v) is 8.44. The molecule has 0 aliphatic carbocycles. The van der Waals surface area contributed by atoms with E-state index in [1.807, 2.05) is 24.3 Å². The lowest BCUT2D eigenvalue weighted by atomic mass is 10.1. The van der Waals surface area contributed by atoms with Gasteiger partial charge in [-0.15, -0.1) is 10.2 Å². The second-order valence-electron chi connectivity index (χ2n) is 8.44. The molecule has 1 N–H and O–H groups in total. The third-order valence-corrected chi connectivity index (χ3v) is 6.18. The van der Waals surface area contributed by atoms with Crippen molar-refractivity contribution >= 4 is 23.4 Å². The summed E-state index contributed by atoms with van der Waals surface area (Å²) >= 11 is 0. The SMILES string of the molecule is O=C(CCCN1C(=O)c2ccccc2C1=O)Nc1cccc(-c2nnc3n2CCCCC3)c1. The van der Waals surface area contributed by atoms with Gasteiger partial charge >= 0.3 is 0 Å². The molecule has 3 aromatic rings. The first-order valence-corrected chi connectivity index (χ1v) is 11.4. The molecule has 0 unspecified atom stereocenters. The van der Waals surface area contributed by atoms with Crippen molar-refractivity contribution in [2.24, 2.45) is 0 Å². The maximum atomic E-state index is 12.5. The van der Waals surface area contributed by atoms with Gasteiger partial charge in [0.05, 0.1) is 11.1 Å². The summed E-state index contributed by atoms with van der Waals surface area (Å²) in [6, 6.07) is 14.4. The Hall–Kier alpha value is -3.81. The molecular weight excluding hydrogens is 418 g/mol. The minimum Gasteiger partial charge on any atom is -0.326 e. The number of nitrogens with zero attached hydrogens (tertiary/aromatic N) is 4. The smallest absolute Gasteiger partial charge is 0.261 e. The van der Waals surface area contributed by atoms with Crippen molar-refractivity contribution in [1.29, 1.82) is 0 Å². The summed E-state index contributed by atoms with van der Waals surface area (Å²) in [5, 5.41) is 11.7. The fourth-order valence-corrected chi connectivity index (χ4v) is 4.50. The van der Waals surface area contributed by atoms with Gasteiger partial charge in [-0.3, -0.25) is 19.3 Å². The minimum atomic E-state index is -0.295. The number of carbonyl (C=O) groups is 3. The summed E-state index contributed by atoms with van der Waals surface area (Å²) in [6.45, 7) is 1.12. The molecule has 2 aromatic carbocycles. The Balaban J connectivity index is 1.19. The van der Waals surface area contributed by atoms with E-state index in [1.165, 1.54) is 11.3 Å². The fraction of sp³-hybridized carbons (Fsp3) is 0.320. The van der Waals surface area contributed by atoms with Gasteiger partial charge in [0.25, 0.3) is 11.8 Å². The van der Waals surface area contributed by atoms with Crippen molar-refractivity contribution in [3.8, 4) is 11.4 Å². The molecular formula is C25H25N5O3. The van der Waals surface area contributed by atoms with Gasteiger partial charge in [0.15, 0.2) is 5.82 Å². The zero-order valence-corrected chi connectivity index (χ0v) is 18.3. The number of fused-ring (bicyclic) bond motifs is 2. The summed E-state index contributed by atoms with van der Waals surface area (Å²) in [5.74, 6) is 1.09. The molecule has 2 aliphatic heterocycles. The van der Waals surface area contributed by atoms with Gasteiger partial charge in [0.2, 0.25) is 5.91 Å². The molecule has 2 aliphatic rings. The van der Waals surface area contributed by atoms with Gasteiger partial charge in [0.1, 0.15) is 5.82 Å². The minimum absolute atomic E-state index is 0.163. The van der Waals surface area contributed by atoms with Crippen LogP contribution in [-0.4, -0.2) is 43.9 Å². The Morgan fingerprint density at radius 3 is 2.52 bits per heavy atom. The van der Waals surface area contributed by atoms with Gasteiger partial charge in [-0.25, -0.2) is 0 Å². The number of imide groups is 1. The van der Waals surface area contributed by atoms with E-state index in [-0.39, 0.29) is 30.7 Å². The number of anilines is 1. The van der Waals surface area contributed by atoms with Crippen molar-refractivity contribution in [3.63, 3.8) is 0 Å². The number of hydrogen-bond donors (Lipinski definition) is 1. The Morgan fingerprint density at radius 1 is 0.939 bits per heavy atom. The van der Waals surface area contributed by atoms with E-state index in [0.29, 0.717) is 23.2 Å². The molecule has 0 saturated carbocycles. The van der Waals surface area contributed by atoms with Crippen molar-refractivity contribution < 1.29 is 14.4 Å². The molecule has 8 nitrogen and oxygen atoms in total. The van der Waals surface area contributed by atoms with Crippen molar-refractivity contribution in [2.45, 2.75) is 45.1 Å². The van der Waals surface area contributed by atoms with E-state index in [0.717, 1.165) is 43.0 Å². The average molecular weight is 444 g/mol. The third-order valence-electron chi connectivity index (χ3n) is 6.18. The Labute approximate surface area is 191 Å². The van der Waals surface area contributed by atoms with Crippen molar-refractivity contribution in [1.82, 2.24) is 19.7 Å². The number of nitrogens with one attached hydrogen (secondary N) is 1. The lowest BCUT2D eigenvalue weighted by Crippen LogP contribution is -2.31. The Kier molecular flexibility index (Phi) is 5.73. The maximum Gasteiger partial charge on any atom is 0.261 e. The largest absolute Gasteiger partial charge is 0.326 e. The van der Waals surface area contributed by atoms with E-state index in [9.17, 15) is 14.4 Å². The Morgan fingerprint density at radius 2 is 1.73 bits per heavy atom. The molecule has 1 aromatic heterocycles. The molecule has 0 bridgehead atoms. The van der Waals surface area contributed by atoms with Gasteiger partial charge in [-0.1, -0.05) is 30.7 Å². The van der Waals surface area contributed by atoms with Crippen LogP contribution >= 0.6 is 0 Å². The molecule has 3 amide bonds. The standard InChI is InChI=1S/C25H25N5O3/c31-22(13-7-15-30-24(32)19-10-3-4-11-20(19)25(30)33)26-18-9-6-8-17(16-18)23-28-27-21-12-2-1-5-14-29(21)23/h3-4,6,8-11,16H,1-2,5,7,12-15H2,(H,26,31). The van der Waals surface area contributed by atoms with Crippen LogP contribution in [-0.2, 0) is 17.8 Å². The maximum absolute atomic E-state index is 12.5. The summed E-state index contributed by atoms with van der Waals surface area (Å²) in [5.41, 5.74) is 2.45. The first-order valence-electron chi connectivity index (χ1n) is 11.4. The number of aromatic nitrogens is 3. The van der Waals surface area contributed by atoms with Crippen LogP contribution in [0.5, 0.6) is 0 Å². The highest BCUT2D eigenvalue weighted by molar-refractivity contribution is 6.21. The van der Waals surface area contributed by atoms with Crippen LogP contribution in [0.25, 0.3) is 11.4 Å². The predicted molar refractivity (Wildman–Crippen MR) is 123 cm³/mol. The first kappa shape index (κ1) is 21.1. The van der Waals surface area contributed by atoms with Crippen LogP contribution in [0.4, 0.5) is 5.69 Å². The van der Waals surface area contributed by atoms with Gasteiger partial charge in [-0.05, 0) is 43.5 Å². The van der Waals surface area contributed by atoms with Crippen LogP contribution in [0.15, 0.2) is 48.5 Å². The van der Waals surface area contributed by atoms with Crippen LogP contribution in [0, 0.1) is 0 Å². The molecule has 0 spiro atoms. The van der Waals surface area contributed by atoms with E-state index in [4.69, 9.17) is 0 Å². The molecule has 3 heterocycles. The average Bonchev–Trinajstić information content (AvgIpc) is 3.22. The summed E-state index contributed by atoms with van der Waals surface area (Å²) < 4.78 is 2.18. The van der Waals surface area contributed by atoms with Gasteiger partial charge in [0, 0.05) is 37.2 Å². The second kappa shape index (κ2) is 8.97. The third kappa shape index (κ3) is 4.16. The topological polar surface area (TPSA) is 97.2 Å². The number of benzene rings is 2. The lowest BCUT2D eigenvalue weighted by molar-refractivity contribution is -0.116. The predicted octanol–water partition coefficient (Wildman–Crippen LogP) is 3.69. The molecule has 0 radical (unpaired) electrons. The van der Waals surface area contributed by atoms with Crippen LogP contribution in [0.2, 0.25) is 0 Å². The van der Waals surface area contributed by atoms with Gasteiger partial charge < -0.3 is 9.88 Å². The zero-order valence-electron chi connectivity index (χ0n) is 18.3. The zero-order chi connectivity index (χ0) is 22.8. The number of rotatable bonds is 6. The summed E-state index contributed by atoms with van der Waals surface area (Å²) in [4.78, 5) is 38.6. The molecule has 168 valence electrons. The number of carbonyl (C=O) groups excluding carboxylic acids is 3. The highest BCUT2D eigenvalue weighted by atomic mass is 16.2. The summed E-state index contributed by atoms with van der Waals surface area (Å²) in [7, 11) is 0. The van der Waals surface area contributed by atoms with E-state index in [1.54, 1.807) is 24.3 Å². The monoisotopic (exact) mass is 443 g/mol. The normalized spacial score (nSPS) is 15.2. The highest BCUT2D eigenvalue weighted by Crippen LogP contribution is 2.25. The Bertz CT molecular complexity index is 1200. The molecule has 0 fully saturated rings. The molecule has 0 saturated heterocycles. The van der Waals surface area contributed by atoms with E-state index < -0.39 is 0 Å². The summed E-state index contributed by atoms with van der Waals surface area (Å²) in [6.07, 6.45) is 4.99. The highest BCUT2D eigenvalue weighted by Gasteiger charge is 2.34. The van der Waals surface area contributed by atoms with Crippen molar-refractivity contribution in [3.05, 3.63) is 65.5 Å². The quantitative estimate of drug-likeness (QED) is 0.586.